The maximum atomic E-state index is 11.3. The van der Waals surface area contributed by atoms with Crippen LogP contribution in [0.1, 0.15) is 47.9 Å². The normalized spacial score (nSPS) is 26.2. The van der Waals surface area contributed by atoms with E-state index < -0.39 is 86.6 Å². The molecule has 16 heteroatoms. The van der Waals surface area contributed by atoms with Gasteiger partial charge in [0.25, 0.3) is 0 Å². The smallest absolute Gasteiger partial charge is 0.307 e. The van der Waals surface area contributed by atoms with Crippen molar-refractivity contribution in [1.82, 2.24) is 0 Å². The molecule has 0 bridgehead atoms. The zero-order valence-electron chi connectivity index (χ0n) is 33.8. The summed E-state index contributed by atoms with van der Waals surface area (Å²) in [6.07, 6.45) is -9.98. The van der Waals surface area contributed by atoms with Gasteiger partial charge in [0.05, 0.1) is 26.1 Å². The number of aliphatic carboxylic acids is 2. The summed E-state index contributed by atoms with van der Waals surface area (Å²) < 4.78 is 23.3. The molecule has 0 unspecified atom stereocenters. The number of unbranched alkanes of at least 4 members (excludes halogenated alkanes) is 3. The van der Waals surface area contributed by atoms with Gasteiger partial charge in [0, 0.05) is 11.1 Å². The summed E-state index contributed by atoms with van der Waals surface area (Å²) in [7, 11) is 0. The minimum Gasteiger partial charge on any atom is -0.481 e. The van der Waals surface area contributed by atoms with Crippen molar-refractivity contribution >= 4 is 11.9 Å². The Kier molecular flexibility index (Phi) is 16.1. The predicted molar refractivity (Wildman–Crippen MR) is 221 cm³/mol. The van der Waals surface area contributed by atoms with Gasteiger partial charge in [0.1, 0.15) is 60.3 Å². The van der Waals surface area contributed by atoms with Crippen molar-refractivity contribution in [2.24, 2.45) is 0 Å². The van der Waals surface area contributed by atoms with Gasteiger partial charge in [-0.05, 0) is 83.3 Å². The molecule has 0 aliphatic carbocycles. The van der Waals surface area contributed by atoms with Gasteiger partial charge in [0.15, 0.2) is 0 Å². The number of aryl methyl sites for hydroxylation is 2. The lowest BCUT2D eigenvalue weighted by atomic mass is 9.96. The van der Waals surface area contributed by atoms with Gasteiger partial charge in [-0.15, -0.1) is 0 Å². The van der Waals surface area contributed by atoms with Crippen molar-refractivity contribution in [3.63, 3.8) is 0 Å². The summed E-state index contributed by atoms with van der Waals surface area (Å²) in [6, 6.07) is 25.0. The molecule has 6 rings (SSSR count). The van der Waals surface area contributed by atoms with Crippen LogP contribution in [-0.2, 0) is 44.7 Å². The Balaban J connectivity index is 1.11. The molecule has 0 saturated carbocycles. The molecule has 334 valence electrons. The van der Waals surface area contributed by atoms with Gasteiger partial charge in [-0.2, -0.15) is 0 Å². The summed E-state index contributed by atoms with van der Waals surface area (Å²) in [5.41, 5.74) is 5.87. The number of carbonyl (C=O) groups is 2. The largest absolute Gasteiger partial charge is 0.481 e. The molecule has 10 atom stereocenters. The van der Waals surface area contributed by atoms with Crippen LogP contribution in [0, 0.1) is 0 Å². The minimum absolute atomic E-state index is 0.148. The van der Waals surface area contributed by atoms with Crippen molar-refractivity contribution < 1.29 is 79.6 Å². The summed E-state index contributed by atoms with van der Waals surface area (Å²) in [6.45, 7) is -1.21. The SMILES string of the molecule is O=C(O)Cc1ccc(-c2cc(CCCCCCc3ccc(O[C@@H]4O[C@H](CO)[C@@H](O)[C@H](O)[C@@H]4O)c(-c4ccc(CC(=O)O)cc4)c3)ccc2O[C@@H]2O[C@H](CO)[C@@H](O)[C@H](O)[C@@H]2O)cc1. The second-order valence-electron chi connectivity index (χ2n) is 15.7. The maximum absolute atomic E-state index is 11.3. The average Bonchev–Trinajstić information content (AvgIpc) is 3.26. The van der Waals surface area contributed by atoms with Crippen LogP contribution < -0.4 is 9.47 Å². The molecule has 0 spiro atoms. The molecule has 10 N–H and O–H groups in total. The van der Waals surface area contributed by atoms with Gasteiger partial charge >= 0.3 is 11.9 Å². The number of rotatable bonds is 19. The third-order valence-corrected chi connectivity index (χ3v) is 11.2. The predicted octanol–water partition coefficient (Wildman–Crippen LogP) is 1.98. The molecule has 62 heavy (non-hydrogen) atoms. The van der Waals surface area contributed by atoms with Crippen LogP contribution in [0.3, 0.4) is 0 Å². The Hall–Kier alpha value is -4.98. The van der Waals surface area contributed by atoms with Crippen LogP contribution in [0.15, 0.2) is 84.9 Å². The van der Waals surface area contributed by atoms with E-state index in [1.807, 2.05) is 24.3 Å². The number of carboxylic acids is 2. The van der Waals surface area contributed by atoms with Crippen molar-refractivity contribution in [3.05, 3.63) is 107 Å². The second kappa shape index (κ2) is 21.4. The van der Waals surface area contributed by atoms with Crippen LogP contribution in [0.4, 0.5) is 0 Å². The van der Waals surface area contributed by atoms with E-state index in [1.54, 1.807) is 60.7 Å². The number of benzene rings is 4. The van der Waals surface area contributed by atoms with Crippen LogP contribution >= 0.6 is 0 Å². The molecule has 2 fully saturated rings. The number of hydrogen-bond donors (Lipinski definition) is 10. The lowest BCUT2D eigenvalue weighted by Gasteiger charge is -2.39. The molecule has 2 heterocycles. The minimum atomic E-state index is -1.62. The Morgan fingerprint density at radius 2 is 0.823 bits per heavy atom. The third-order valence-electron chi connectivity index (χ3n) is 11.2. The Morgan fingerprint density at radius 1 is 0.468 bits per heavy atom. The topological polar surface area (TPSA) is 273 Å². The average molecular weight is 863 g/mol. The highest BCUT2D eigenvalue weighted by atomic mass is 16.7. The molecular weight excluding hydrogens is 808 g/mol. The zero-order valence-corrected chi connectivity index (χ0v) is 33.8. The standard InChI is InChI=1S/C46H54O16/c47-23-35-39(53)41(55)43(57)45(61-35)59-33-17-11-25(19-31(33)29-13-7-27(8-14-29)21-37(49)50)5-3-1-2-4-6-26-12-18-34(60-46-44(58)42(56)40(54)36(24-48)62-46)32(20-26)30-15-9-28(10-16-30)22-38(51)52/h7-20,35-36,39-48,53-58H,1-6,21-24H2,(H,49,50)(H,51,52)/t35-,36-,39-,40-,41+,42+,43+,44+,45-,46-/m1/s1. The third kappa shape index (κ3) is 11.5. The molecule has 4 aromatic carbocycles. The second-order valence-corrected chi connectivity index (χ2v) is 15.7. The first-order valence-corrected chi connectivity index (χ1v) is 20.6. The highest BCUT2D eigenvalue weighted by molar-refractivity contribution is 5.75. The fraction of sp³-hybridized carbons (Fsp3) is 0.435. The van der Waals surface area contributed by atoms with E-state index in [9.17, 15) is 60.7 Å². The first kappa shape index (κ1) is 46.5. The monoisotopic (exact) mass is 862 g/mol. The summed E-state index contributed by atoms with van der Waals surface area (Å²) in [4.78, 5) is 22.5. The van der Waals surface area contributed by atoms with Crippen LogP contribution in [0.25, 0.3) is 22.3 Å². The first-order chi connectivity index (χ1) is 29.8. The highest BCUT2D eigenvalue weighted by Crippen LogP contribution is 2.37. The van der Waals surface area contributed by atoms with Crippen LogP contribution in [-0.4, -0.2) is 138 Å². The van der Waals surface area contributed by atoms with E-state index in [-0.39, 0.29) is 12.8 Å². The van der Waals surface area contributed by atoms with Gasteiger partial charge in [-0.25, -0.2) is 0 Å². The molecular formula is C46H54O16. The summed E-state index contributed by atoms with van der Waals surface area (Å²) in [5, 5.41) is 100. The quantitative estimate of drug-likeness (QED) is 0.0604. The fourth-order valence-corrected chi connectivity index (χ4v) is 7.67. The van der Waals surface area contributed by atoms with E-state index in [4.69, 9.17) is 18.9 Å². The van der Waals surface area contributed by atoms with Gasteiger partial charge in [0.2, 0.25) is 12.6 Å². The van der Waals surface area contributed by atoms with Crippen LogP contribution in [0.5, 0.6) is 11.5 Å². The fourth-order valence-electron chi connectivity index (χ4n) is 7.67. The van der Waals surface area contributed by atoms with Gasteiger partial charge < -0.3 is 70.0 Å². The van der Waals surface area contributed by atoms with E-state index in [0.717, 1.165) is 49.7 Å². The van der Waals surface area contributed by atoms with E-state index in [0.29, 0.717) is 44.9 Å². The Morgan fingerprint density at radius 3 is 1.16 bits per heavy atom. The molecule has 0 amide bonds. The lowest BCUT2D eigenvalue weighted by Crippen LogP contribution is -2.60. The van der Waals surface area contributed by atoms with E-state index in [1.165, 1.54) is 0 Å². The van der Waals surface area contributed by atoms with Crippen molar-refractivity contribution in [1.29, 1.82) is 0 Å². The molecule has 16 nitrogen and oxygen atoms in total. The molecule has 2 aliphatic rings. The number of carboxylic acid groups (broad SMARTS) is 2. The number of ether oxygens (including phenoxy) is 4. The molecule has 0 aromatic heterocycles. The highest BCUT2D eigenvalue weighted by Gasteiger charge is 2.46. The van der Waals surface area contributed by atoms with Crippen molar-refractivity contribution in [3.8, 4) is 33.8 Å². The lowest BCUT2D eigenvalue weighted by molar-refractivity contribution is -0.277. The van der Waals surface area contributed by atoms with E-state index in [2.05, 4.69) is 0 Å². The van der Waals surface area contributed by atoms with Crippen molar-refractivity contribution in [2.45, 2.75) is 113 Å². The zero-order chi connectivity index (χ0) is 44.5. The van der Waals surface area contributed by atoms with Gasteiger partial charge in [-0.3, -0.25) is 9.59 Å². The number of aliphatic hydroxyl groups is 8. The Labute approximate surface area is 357 Å². The van der Waals surface area contributed by atoms with Gasteiger partial charge in [-0.1, -0.05) is 73.5 Å². The Bertz CT molecular complexity index is 1940. The number of aliphatic hydroxyl groups excluding tert-OH is 8. The molecule has 4 aromatic rings. The van der Waals surface area contributed by atoms with E-state index >= 15 is 0 Å². The molecule has 2 aliphatic heterocycles. The molecule has 2 saturated heterocycles. The molecule has 0 radical (unpaired) electrons. The summed E-state index contributed by atoms with van der Waals surface area (Å²) >= 11 is 0. The van der Waals surface area contributed by atoms with Crippen molar-refractivity contribution in [2.75, 3.05) is 13.2 Å². The maximum Gasteiger partial charge on any atom is 0.307 e. The van der Waals surface area contributed by atoms with Crippen LogP contribution in [0.2, 0.25) is 0 Å². The summed E-state index contributed by atoms with van der Waals surface area (Å²) in [5.74, 6) is -1.31. The number of hydrogen-bond acceptors (Lipinski definition) is 14. The first-order valence-electron chi connectivity index (χ1n) is 20.6.